The van der Waals surface area contributed by atoms with Crippen molar-refractivity contribution in [3.05, 3.63) is 16.9 Å². The largest absolute Gasteiger partial charge is 0.396 e. The minimum absolute atomic E-state index is 0.218. The lowest BCUT2D eigenvalue weighted by Crippen LogP contribution is -2.14. The first-order valence-electron chi connectivity index (χ1n) is 4.89. The van der Waals surface area contributed by atoms with Gasteiger partial charge in [0, 0.05) is 19.3 Å². The molecule has 84 valence electrons. The summed E-state index contributed by atoms with van der Waals surface area (Å²) in [5.74, 6) is 0.412. The molecule has 15 heavy (non-hydrogen) atoms. The number of rotatable bonds is 5. The van der Waals surface area contributed by atoms with Crippen molar-refractivity contribution >= 4 is 27.3 Å². The second-order valence-electron chi connectivity index (χ2n) is 3.58. The Labute approximate surface area is 98.0 Å². The van der Waals surface area contributed by atoms with Gasteiger partial charge in [-0.2, -0.15) is 0 Å². The van der Waals surface area contributed by atoms with E-state index in [2.05, 4.69) is 33.2 Å². The van der Waals surface area contributed by atoms with Crippen molar-refractivity contribution in [3.8, 4) is 0 Å². The first-order valence-corrected chi connectivity index (χ1v) is 5.68. The Morgan fingerprint density at radius 3 is 2.93 bits per heavy atom. The van der Waals surface area contributed by atoms with Crippen molar-refractivity contribution < 1.29 is 5.11 Å². The maximum absolute atomic E-state index is 8.77. The Morgan fingerprint density at radius 1 is 1.60 bits per heavy atom. The van der Waals surface area contributed by atoms with E-state index in [0.717, 1.165) is 23.1 Å². The Hall–Kier alpha value is -0.810. The average Bonchev–Trinajstić information content (AvgIpc) is 2.17. The zero-order chi connectivity index (χ0) is 11.3. The lowest BCUT2D eigenvalue weighted by Gasteiger charge is -2.14. The highest BCUT2D eigenvalue weighted by Gasteiger charge is 2.06. The molecule has 0 bridgehead atoms. The maximum Gasteiger partial charge on any atom is 0.0750 e. The average molecular weight is 274 g/mol. The number of hydrogen-bond donors (Lipinski definition) is 3. The van der Waals surface area contributed by atoms with Gasteiger partial charge in [-0.3, -0.25) is 4.98 Å². The summed E-state index contributed by atoms with van der Waals surface area (Å²) in [6.07, 6.45) is 4.11. The number of nitrogens with two attached hydrogens (primary N) is 1. The molecular formula is C10H16BrN3O. The first kappa shape index (κ1) is 12.3. The third-order valence-corrected chi connectivity index (χ3v) is 2.78. The lowest BCUT2D eigenvalue weighted by atomic mass is 10.1. The topological polar surface area (TPSA) is 71.2 Å². The van der Waals surface area contributed by atoms with E-state index in [-0.39, 0.29) is 6.61 Å². The van der Waals surface area contributed by atoms with E-state index in [1.54, 1.807) is 12.4 Å². The third-order valence-electron chi connectivity index (χ3n) is 2.18. The molecule has 1 heterocycles. The van der Waals surface area contributed by atoms with E-state index >= 15 is 0 Å². The minimum atomic E-state index is 0.218. The standard InChI is InChI=1S/C10H16BrN3O/c1-7(2-3-15)4-14-10-8(11)5-13-6-9(10)12/h5-7,15H,2-4,12H2,1H3,(H,13,14). The fourth-order valence-corrected chi connectivity index (χ4v) is 1.72. The number of hydrogen-bond acceptors (Lipinski definition) is 4. The molecule has 4 nitrogen and oxygen atoms in total. The van der Waals surface area contributed by atoms with Crippen molar-refractivity contribution in [1.82, 2.24) is 4.98 Å². The second kappa shape index (κ2) is 5.92. The van der Waals surface area contributed by atoms with Crippen LogP contribution in [0.15, 0.2) is 16.9 Å². The monoisotopic (exact) mass is 273 g/mol. The number of aliphatic hydroxyl groups is 1. The van der Waals surface area contributed by atoms with Crippen LogP contribution in [0.1, 0.15) is 13.3 Å². The Bertz CT molecular complexity index is 299. The molecule has 0 fully saturated rings. The summed E-state index contributed by atoms with van der Waals surface area (Å²) in [5, 5.41) is 12.0. The molecule has 1 rings (SSSR count). The number of aliphatic hydroxyl groups excluding tert-OH is 1. The zero-order valence-electron chi connectivity index (χ0n) is 8.70. The van der Waals surface area contributed by atoms with Crippen LogP contribution in [-0.4, -0.2) is 23.2 Å². The zero-order valence-corrected chi connectivity index (χ0v) is 10.3. The molecule has 0 amide bonds. The molecule has 1 unspecified atom stereocenters. The summed E-state index contributed by atoms with van der Waals surface area (Å²) in [4.78, 5) is 3.96. The molecule has 0 radical (unpaired) electrons. The van der Waals surface area contributed by atoms with Crippen molar-refractivity contribution in [1.29, 1.82) is 0 Å². The molecule has 0 spiro atoms. The van der Waals surface area contributed by atoms with E-state index in [1.807, 2.05) is 0 Å². The van der Waals surface area contributed by atoms with Crippen molar-refractivity contribution in [2.45, 2.75) is 13.3 Å². The number of nitrogens with zero attached hydrogens (tertiary/aromatic N) is 1. The Kier molecular flexibility index (Phi) is 4.84. The number of pyridine rings is 1. The van der Waals surface area contributed by atoms with Gasteiger partial charge in [0.2, 0.25) is 0 Å². The molecule has 1 aromatic rings. The number of anilines is 2. The molecule has 1 atom stereocenters. The van der Waals surface area contributed by atoms with Gasteiger partial charge >= 0.3 is 0 Å². The van der Waals surface area contributed by atoms with Gasteiger partial charge < -0.3 is 16.2 Å². The third kappa shape index (κ3) is 3.68. The van der Waals surface area contributed by atoms with Gasteiger partial charge in [-0.15, -0.1) is 0 Å². The normalized spacial score (nSPS) is 12.5. The van der Waals surface area contributed by atoms with Crippen molar-refractivity contribution in [3.63, 3.8) is 0 Å². The lowest BCUT2D eigenvalue weighted by molar-refractivity contribution is 0.266. The molecule has 0 aliphatic heterocycles. The quantitative estimate of drug-likeness (QED) is 0.766. The van der Waals surface area contributed by atoms with Crippen LogP contribution in [0.5, 0.6) is 0 Å². The van der Waals surface area contributed by atoms with Gasteiger partial charge in [0.25, 0.3) is 0 Å². The van der Waals surface area contributed by atoms with Crippen LogP contribution < -0.4 is 11.1 Å². The van der Waals surface area contributed by atoms with Crippen LogP contribution in [0.3, 0.4) is 0 Å². The second-order valence-corrected chi connectivity index (χ2v) is 4.44. The fourth-order valence-electron chi connectivity index (χ4n) is 1.24. The predicted molar refractivity (Wildman–Crippen MR) is 65.7 cm³/mol. The number of nitrogens with one attached hydrogen (secondary N) is 1. The first-order chi connectivity index (χ1) is 7.15. The number of nitrogen functional groups attached to an aromatic ring is 1. The van der Waals surface area contributed by atoms with Gasteiger partial charge in [-0.25, -0.2) is 0 Å². The van der Waals surface area contributed by atoms with Crippen molar-refractivity contribution in [2.24, 2.45) is 5.92 Å². The SMILES string of the molecule is CC(CCO)CNc1c(N)cncc1Br. The smallest absolute Gasteiger partial charge is 0.0750 e. The van der Waals surface area contributed by atoms with Crippen LogP contribution >= 0.6 is 15.9 Å². The summed E-state index contributed by atoms with van der Waals surface area (Å²) in [5.41, 5.74) is 7.27. The van der Waals surface area contributed by atoms with E-state index in [4.69, 9.17) is 10.8 Å². The summed E-state index contributed by atoms with van der Waals surface area (Å²) in [6.45, 7) is 3.08. The highest BCUT2D eigenvalue weighted by Crippen LogP contribution is 2.27. The molecule has 0 aliphatic carbocycles. The minimum Gasteiger partial charge on any atom is -0.396 e. The summed E-state index contributed by atoms with van der Waals surface area (Å²) < 4.78 is 0.860. The van der Waals surface area contributed by atoms with E-state index < -0.39 is 0 Å². The molecule has 4 N–H and O–H groups in total. The van der Waals surface area contributed by atoms with Gasteiger partial charge in [0.15, 0.2) is 0 Å². The van der Waals surface area contributed by atoms with Crippen LogP contribution in [-0.2, 0) is 0 Å². The van der Waals surface area contributed by atoms with Crippen LogP contribution in [0.2, 0.25) is 0 Å². The Morgan fingerprint density at radius 2 is 2.33 bits per heavy atom. The van der Waals surface area contributed by atoms with Crippen LogP contribution in [0.4, 0.5) is 11.4 Å². The predicted octanol–water partition coefficient (Wildman–Crippen LogP) is 1.86. The molecule has 0 aromatic carbocycles. The number of aromatic nitrogens is 1. The Balaban J connectivity index is 2.57. The van der Waals surface area contributed by atoms with Gasteiger partial charge in [0.1, 0.15) is 0 Å². The molecule has 5 heteroatoms. The van der Waals surface area contributed by atoms with E-state index in [1.165, 1.54) is 0 Å². The summed E-state index contributed by atoms with van der Waals surface area (Å²) >= 11 is 3.38. The fraction of sp³-hybridized carbons (Fsp3) is 0.500. The summed E-state index contributed by atoms with van der Waals surface area (Å²) in [6, 6.07) is 0. The molecule has 0 saturated carbocycles. The summed E-state index contributed by atoms with van der Waals surface area (Å²) in [7, 11) is 0. The van der Waals surface area contributed by atoms with E-state index in [0.29, 0.717) is 11.6 Å². The maximum atomic E-state index is 8.77. The highest BCUT2D eigenvalue weighted by atomic mass is 79.9. The van der Waals surface area contributed by atoms with E-state index in [9.17, 15) is 0 Å². The van der Waals surface area contributed by atoms with Crippen LogP contribution in [0, 0.1) is 5.92 Å². The van der Waals surface area contributed by atoms with Gasteiger partial charge in [-0.1, -0.05) is 6.92 Å². The molecule has 1 aromatic heterocycles. The number of halogens is 1. The molecular weight excluding hydrogens is 258 g/mol. The highest BCUT2D eigenvalue weighted by molar-refractivity contribution is 9.10. The molecule has 0 saturated heterocycles. The van der Waals surface area contributed by atoms with Crippen LogP contribution in [0.25, 0.3) is 0 Å². The van der Waals surface area contributed by atoms with Crippen molar-refractivity contribution in [2.75, 3.05) is 24.2 Å². The van der Waals surface area contributed by atoms with Gasteiger partial charge in [0.05, 0.1) is 22.0 Å². The van der Waals surface area contributed by atoms with Gasteiger partial charge in [-0.05, 0) is 28.3 Å². The molecule has 0 aliphatic rings.